The summed E-state index contributed by atoms with van der Waals surface area (Å²) in [6.07, 6.45) is 0. The Labute approximate surface area is 97.0 Å². The fourth-order valence-corrected chi connectivity index (χ4v) is 2.57. The minimum Gasteiger partial charge on any atom is -0.478 e. The van der Waals surface area contributed by atoms with Crippen LogP contribution in [0.2, 0.25) is 0 Å². The lowest BCUT2D eigenvalue weighted by Gasteiger charge is -2.13. The number of thiophene rings is 1. The number of carboxylic acids is 1. The average Bonchev–Trinajstić information content (AvgIpc) is 2.58. The van der Waals surface area contributed by atoms with Crippen molar-refractivity contribution in [2.75, 3.05) is 0 Å². The Morgan fingerprint density at radius 3 is 2.56 bits per heavy atom. The number of carboxylic acid groups (broad SMARTS) is 1. The van der Waals surface area contributed by atoms with E-state index in [1.807, 2.05) is 6.07 Å². The molecule has 0 spiro atoms. The number of benzene rings is 1. The Hall–Kier alpha value is -1.39. The molecule has 84 valence electrons. The number of hydrogen-bond donors (Lipinski definition) is 2. The lowest BCUT2D eigenvalue weighted by atomic mass is 10.1. The van der Waals surface area contributed by atoms with Crippen molar-refractivity contribution in [2.24, 2.45) is 0 Å². The van der Waals surface area contributed by atoms with Crippen molar-refractivity contribution >= 4 is 27.4 Å². The molecule has 0 saturated heterocycles. The number of aliphatic hydroxyl groups is 1. The third-order valence-electron chi connectivity index (χ3n) is 2.37. The first kappa shape index (κ1) is 11.1. The van der Waals surface area contributed by atoms with Gasteiger partial charge in [0.1, 0.15) is 0 Å². The van der Waals surface area contributed by atoms with Gasteiger partial charge in [0.15, 0.2) is 0 Å². The summed E-state index contributed by atoms with van der Waals surface area (Å²) in [7, 11) is 0. The molecule has 2 rings (SSSR count). The standard InChI is InChI=1S/C12H12O3S/c1-12(2,15)10-6-7-3-4-8(11(13)14)5-9(7)16-10/h3-6,15H,1-2H3,(H,13,14). The summed E-state index contributed by atoms with van der Waals surface area (Å²) < 4.78 is 0.886. The maximum Gasteiger partial charge on any atom is 0.335 e. The molecule has 0 fully saturated rings. The average molecular weight is 236 g/mol. The highest BCUT2D eigenvalue weighted by molar-refractivity contribution is 7.19. The summed E-state index contributed by atoms with van der Waals surface area (Å²) in [5.74, 6) is -0.930. The molecule has 1 aromatic carbocycles. The van der Waals surface area contributed by atoms with Crippen molar-refractivity contribution < 1.29 is 15.0 Å². The van der Waals surface area contributed by atoms with Gasteiger partial charge in [-0.2, -0.15) is 0 Å². The van der Waals surface area contributed by atoms with E-state index >= 15 is 0 Å². The highest BCUT2D eigenvalue weighted by atomic mass is 32.1. The van der Waals surface area contributed by atoms with E-state index < -0.39 is 11.6 Å². The summed E-state index contributed by atoms with van der Waals surface area (Å²) in [5, 5.41) is 19.7. The molecule has 0 aliphatic rings. The first-order valence-electron chi connectivity index (χ1n) is 4.87. The van der Waals surface area contributed by atoms with E-state index in [2.05, 4.69) is 0 Å². The van der Waals surface area contributed by atoms with Crippen LogP contribution in [0, 0.1) is 0 Å². The third-order valence-corrected chi connectivity index (χ3v) is 3.78. The molecule has 0 amide bonds. The number of hydrogen-bond acceptors (Lipinski definition) is 3. The normalized spacial score (nSPS) is 11.9. The molecule has 0 bridgehead atoms. The molecule has 0 atom stereocenters. The summed E-state index contributed by atoms with van der Waals surface area (Å²) in [6.45, 7) is 3.44. The lowest BCUT2D eigenvalue weighted by molar-refractivity contribution is 0.0696. The van der Waals surface area contributed by atoms with Crippen molar-refractivity contribution in [1.82, 2.24) is 0 Å². The van der Waals surface area contributed by atoms with Crippen LogP contribution >= 0.6 is 11.3 Å². The van der Waals surface area contributed by atoms with Crippen LogP contribution in [0.25, 0.3) is 10.1 Å². The van der Waals surface area contributed by atoms with Gasteiger partial charge in [0.2, 0.25) is 0 Å². The molecule has 0 unspecified atom stereocenters. The van der Waals surface area contributed by atoms with Crippen LogP contribution in [0.4, 0.5) is 0 Å². The van der Waals surface area contributed by atoms with E-state index in [0.717, 1.165) is 15.0 Å². The zero-order valence-corrected chi connectivity index (χ0v) is 9.84. The molecule has 2 N–H and O–H groups in total. The molecule has 3 nitrogen and oxygen atoms in total. The second-order valence-corrected chi connectivity index (χ2v) is 5.31. The number of aromatic carboxylic acids is 1. The van der Waals surface area contributed by atoms with Crippen LogP contribution in [0.3, 0.4) is 0 Å². The SMILES string of the molecule is CC(C)(O)c1cc2ccc(C(=O)O)cc2s1. The molecule has 1 heterocycles. The van der Waals surface area contributed by atoms with Gasteiger partial charge in [-0.1, -0.05) is 6.07 Å². The van der Waals surface area contributed by atoms with Crippen molar-refractivity contribution in [3.8, 4) is 0 Å². The fraction of sp³-hybridized carbons (Fsp3) is 0.250. The maximum atomic E-state index is 10.8. The number of rotatable bonds is 2. The minimum atomic E-state index is -0.930. The van der Waals surface area contributed by atoms with E-state index in [4.69, 9.17) is 5.11 Å². The molecular formula is C12H12O3S. The molecular weight excluding hydrogens is 224 g/mol. The van der Waals surface area contributed by atoms with Crippen LogP contribution in [-0.2, 0) is 5.60 Å². The summed E-state index contributed by atoms with van der Waals surface area (Å²) in [5.41, 5.74) is -0.607. The summed E-state index contributed by atoms with van der Waals surface area (Å²) >= 11 is 1.42. The summed E-state index contributed by atoms with van der Waals surface area (Å²) in [6, 6.07) is 6.87. The molecule has 16 heavy (non-hydrogen) atoms. The van der Waals surface area contributed by atoms with Crippen molar-refractivity contribution in [3.05, 3.63) is 34.7 Å². The van der Waals surface area contributed by atoms with E-state index in [-0.39, 0.29) is 5.56 Å². The predicted molar refractivity (Wildman–Crippen MR) is 64.0 cm³/mol. The minimum absolute atomic E-state index is 0.275. The van der Waals surface area contributed by atoms with Gasteiger partial charge in [-0.3, -0.25) is 0 Å². The van der Waals surface area contributed by atoms with Crippen LogP contribution in [0.1, 0.15) is 29.1 Å². The highest BCUT2D eigenvalue weighted by Crippen LogP contribution is 2.33. The molecule has 1 aromatic heterocycles. The van der Waals surface area contributed by atoms with E-state index in [1.165, 1.54) is 11.3 Å². The Kier molecular flexibility index (Phi) is 2.48. The van der Waals surface area contributed by atoms with Crippen LogP contribution < -0.4 is 0 Å². The second-order valence-electron chi connectivity index (χ2n) is 4.23. The highest BCUT2D eigenvalue weighted by Gasteiger charge is 2.19. The zero-order valence-electron chi connectivity index (χ0n) is 9.02. The van der Waals surface area contributed by atoms with E-state index in [1.54, 1.807) is 32.0 Å². The van der Waals surface area contributed by atoms with Crippen molar-refractivity contribution in [1.29, 1.82) is 0 Å². The van der Waals surface area contributed by atoms with E-state index in [9.17, 15) is 9.90 Å². The molecule has 4 heteroatoms. The Bertz CT molecular complexity index is 549. The number of carbonyl (C=O) groups is 1. The predicted octanol–water partition coefficient (Wildman–Crippen LogP) is 2.83. The van der Waals surface area contributed by atoms with Gasteiger partial charge < -0.3 is 10.2 Å². The first-order valence-corrected chi connectivity index (χ1v) is 5.69. The molecule has 0 aliphatic carbocycles. The topological polar surface area (TPSA) is 57.5 Å². The quantitative estimate of drug-likeness (QED) is 0.843. The molecule has 0 saturated carbocycles. The van der Waals surface area contributed by atoms with Gasteiger partial charge in [0.05, 0.1) is 11.2 Å². The van der Waals surface area contributed by atoms with Crippen LogP contribution in [0.15, 0.2) is 24.3 Å². The van der Waals surface area contributed by atoms with Gasteiger partial charge >= 0.3 is 5.97 Å². The Balaban J connectivity index is 2.59. The molecule has 2 aromatic rings. The molecule has 0 radical (unpaired) electrons. The Morgan fingerprint density at radius 2 is 2.00 bits per heavy atom. The van der Waals surface area contributed by atoms with Gasteiger partial charge in [-0.05, 0) is 37.4 Å². The van der Waals surface area contributed by atoms with Crippen molar-refractivity contribution in [2.45, 2.75) is 19.4 Å². The van der Waals surface area contributed by atoms with Gasteiger partial charge in [-0.15, -0.1) is 11.3 Å². The zero-order chi connectivity index (χ0) is 11.9. The van der Waals surface area contributed by atoms with Crippen LogP contribution in [-0.4, -0.2) is 16.2 Å². The largest absolute Gasteiger partial charge is 0.478 e. The summed E-state index contributed by atoms with van der Waals surface area (Å²) in [4.78, 5) is 11.6. The maximum absolute atomic E-state index is 10.8. The smallest absolute Gasteiger partial charge is 0.335 e. The lowest BCUT2D eigenvalue weighted by Crippen LogP contribution is -2.12. The van der Waals surface area contributed by atoms with Gasteiger partial charge in [0.25, 0.3) is 0 Å². The monoisotopic (exact) mass is 236 g/mol. The number of fused-ring (bicyclic) bond motifs is 1. The van der Waals surface area contributed by atoms with Gasteiger partial charge in [0, 0.05) is 9.58 Å². The fourth-order valence-electron chi connectivity index (χ4n) is 1.47. The molecule has 0 aliphatic heterocycles. The third kappa shape index (κ3) is 1.94. The van der Waals surface area contributed by atoms with Crippen LogP contribution in [0.5, 0.6) is 0 Å². The second kappa shape index (κ2) is 3.57. The van der Waals surface area contributed by atoms with Gasteiger partial charge in [-0.25, -0.2) is 4.79 Å². The Morgan fingerprint density at radius 1 is 1.31 bits per heavy atom. The van der Waals surface area contributed by atoms with E-state index in [0.29, 0.717) is 0 Å². The first-order chi connectivity index (χ1) is 7.38. The van der Waals surface area contributed by atoms with Crippen molar-refractivity contribution in [3.63, 3.8) is 0 Å².